The van der Waals surface area contributed by atoms with Crippen molar-refractivity contribution in [3.63, 3.8) is 0 Å². The largest absolute Gasteiger partial charge is 0.493 e. The lowest BCUT2D eigenvalue weighted by Gasteiger charge is -2.43. The molecular weight excluding hydrogens is 600 g/mol. The molecule has 3 aromatic carbocycles. The van der Waals surface area contributed by atoms with Crippen LogP contribution in [0.3, 0.4) is 0 Å². The maximum atomic E-state index is 13.9. The summed E-state index contributed by atoms with van der Waals surface area (Å²) in [6.45, 7) is 2.45. The number of carbonyl (C=O) groups is 2. The van der Waals surface area contributed by atoms with Crippen LogP contribution in [-0.2, 0) is 16.2 Å². The van der Waals surface area contributed by atoms with Gasteiger partial charge in [0.1, 0.15) is 12.4 Å². The van der Waals surface area contributed by atoms with Crippen LogP contribution in [-0.4, -0.2) is 29.2 Å². The number of halogens is 1. The number of H-pyrrole nitrogens is 1. The number of imide groups is 1. The molecule has 2 aliphatic carbocycles. The minimum Gasteiger partial charge on any atom is -0.493 e. The number of anilines is 1. The van der Waals surface area contributed by atoms with Crippen LogP contribution in [0.4, 0.5) is 10.1 Å². The number of fused-ring (bicyclic) bond motifs is 9. The van der Waals surface area contributed by atoms with Gasteiger partial charge in [0.15, 0.2) is 11.5 Å². The first kappa shape index (κ1) is 27.6. The molecule has 0 radical (unpaired) electrons. The van der Waals surface area contributed by atoms with E-state index in [0.717, 1.165) is 33.0 Å². The number of nitrogens with one attached hydrogen (secondary N) is 1. The van der Waals surface area contributed by atoms with E-state index in [4.69, 9.17) is 9.47 Å². The van der Waals surface area contributed by atoms with Gasteiger partial charge in [0.2, 0.25) is 11.8 Å². The topological polar surface area (TPSA) is 88.7 Å². The first-order chi connectivity index (χ1) is 21.3. The Bertz CT molecular complexity index is 1870. The van der Waals surface area contributed by atoms with Crippen LogP contribution in [0, 0.1) is 42.3 Å². The number of rotatable bonds is 6. The Labute approximate surface area is 261 Å². The number of benzene rings is 3. The van der Waals surface area contributed by atoms with Crippen molar-refractivity contribution in [2.45, 2.75) is 36.1 Å². The molecule has 7 atom stereocenters. The lowest BCUT2D eigenvalue weighted by atomic mass is 9.68. The number of carbonyl (C=O) groups excluding carboxylic acids is 2. The monoisotopic (exact) mass is 628 g/mol. The fourth-order valence-electron chi connectivity index (χ4n) is 8.19. The smallest absolute Gasteiger partial charge is 0.305 e. The number of ether oxygens (including phenoxy) is 2. The Balaban J connectivity index is 1.15. The molecule has 1 N–H and O–H groups in total. The number of thioether (sulfide) groups is 1. The lowest BCUT2D eigenvalue weighted by molar-refractivity contribution is -0.123. The number of hydrogen-bond acceptors (Lipinski definition) is 7. The van der Waals surface area contributed by atoms with Crippen molar-refractivity contribution < 1.29 is 23.5 Å². The standard InChI is InChI=1S/C34H29FN2O5S2/c1-16-4-3-5-17(12-16)15-42-23-11-6-18(13-24(23)41-2)25-26-21-14-22(29(26)43-31-30(25)44-34(40)36-31)28-27(21)32(38)37(33(28)39)20-9-7-19(35)8-10-20/h3-13,21-22,25-29H,14-15H2,1-2H3,(H,36,40)/t21-,22-,25?,26?,27?,28?,29?/m1/s1. The van der Waals surface area contributed by atoms with Crippen LogP contribution in [0.2, 0.25) is 0 Å². The van der Waals surface area contributed by atoms with Gasteiger partial charge in [0, 0.05) is 16.0 Å². The van der Waals surface area contributed by atoms with E-state index in [1.807, 2.05) is 43.3 Å². The number of nitrogens with zero attached hydrogens (tertiary/aromatic N) is 1. The van der Waals surface area contributed by atoms with Gasteiger partial charge in [-0.15, -0.1) is 11.8 Å². The van der Waals surface area contributed by atoms with Crippen molar-refractivity contribution in [2.24, 2.45) is 29.6 Å². The maximum Gasteiger partial charge on any atom is 0.305 e. The molecule has 10 heteroatoms. The highest BCUT2D eigenvalue weighted by Gasteiger charge is 2.69. The van der Waals surface area contributed by atoms with Gasteiger partial charge in [-0.1, -0.05) is 47.2 Å². The highest BCUT2D eigenvalue weighted by atomic mass is 32.2. The second kappa shape index (κ2) is 10.3. The van der Waals surface area contributed by atoms with Crippen LogP contribution in [0.15, 0.2) is 76.6 Å². The van der Waals surface area contributed by atoms with E-state index < -0.39 is 17.7 Å². The van der Waals surface area contributed by atoms with Crippen LogP contribution < -0.4 is 19.2 Å². The molecule has 2 bridgehead atoms. The van der Waals surface area contributed by atoms with Gasteiger partial charge in [0.05, 0.1) is 29.7 Å². The number of aromatic amines is 1. The molecule has 4 aliphatic rings. The normalized spacial score (nSPS) is 28.2. The molecule has 1 saturated heterocycles. The van der Waals surface area contributed by atoms with Crippen LogP contribution in [0.25, 0.3) is 0 Å². The number of hydrogen-bond donors (Lipinski definition) is 1. The third-order valence-electron chi connectivity index (χ3n) is 9.83. The van der Waals surface area contributed by atoms with E-state index in [9.17, 15) is 18.8 Å². The van der Waals surface area contributed by atoms with Crippen molar-refractivity contribution in [3.05, 3.63) is 104 Å². The summed E-state index contributed by atoms with van der Waals surface area (Å²) in [5.74, 6) is -0.543. The fraction of sp³-hybridized carbons (Fsp3) is 0.324. The average molecular weight is 629 g/mol. The van der Waals surface area contributed by atoms with E-state index in [-0.39, 0.29) is 45.6 Å². The predicted molar refractivity (Wildman–Crippen MR) is 166 cm³/mol. The number of aryl methyl sites for hydroxylation is 1. The van der Waals surface area contributed by atoms with Gasteiger partial charge >= 0.3 is 4.87 Å². The fourth-order valence-corrected chi connectivity index (χ4v) is 11.1. The first-order valence-electron chi connectivity index (χ1n) is 14.7. The molecule has 2 amide bonds. The van der Waals surface area contributed by atoms with E-state index in [2.05, 4.69) is 11.1 Å². The average Bonchev–Trinajstić information content (AvgIpc) is 3.75. The molecule has 8 rings (SSSR count). The molecule has 44 heavy (non-hydrogen) atoms. The molecule has 4 aromatic rings. The number of aromatic nitrogens is 1. The molecule has 2 saturated carbocycles. The third-order valence-corrected chi connectivity index (χ3v) is 12.4. The number of amides is 2. The van der Waals surface area contributed by atoms with Crippen LogP contribution >= 0.6 is 23.1 Å². The van der Waals surface area contributed by atoms with E-state index >= 15 is 0 Å². The Hall–Kier alpha value is -3.89. The minimum atomic E-state index is -0.432. The number of methoxy groups -OCH3 is 1. The van der Waals surface area contributed by atoms with Crippen molar-refractivity contribution in [3.8, 4) is 11.5 Å². The first-order valence-corrected chi connectivity index (χ1v) is 16.4. The van der Waals surface area contributed by atoms with E-state index in [0.29, 0.717) is 23.8 Å². The van der Waals surface area contributed by atoms with Gasteiger partial charge < -0.3 is 14.5 Å². The molecule has 3 heterocycles. The Morgan fingerprint density at radius 1 is 0.955 bits per heavy atom. The van der Waals surface area contributed by atoms with E-state index in [1.54, 1.807) is 18.9 Å². The summed E-state index contributed by atoms with van der Waals surface area (Å²) in [5.41, 5.74) is 3.63. The zero-order valence-corrected chi connectivity index (χ0v) is 25.6. The summed E-state index contributed by atoms with van der Waals surface area (Å²) in [6, 6.07) is 19.7. The second-order valence-corrected chi connectivity index (χ2v) is 14.3. The molecule has 1 aromatic heterocycles. The van der Waals surface area contributed by atoms with Crippen LogP contribution in [0.1, 0.15) is 33.9 Å². The summed E-state index contributed by atoms with van der Waals surface area (Å²) < 4.78 is 25.6. The quantitative estimate of drug-likeness (QED) is 0.258. The van der Waals surface area contributed by atoms with Crippen molar-refractivity contribution in [1.82, 2.24) is 4.98 Å². The minimum absolute atomic E-state index is 0.000202. The second-order valence-electron chi connectivity index (χ2n) is 12.1. The van der Waals surface area contributed by atoms with Gasteiger partial charge in [-0.2, -0.15) is 0 Å². The Morgan fingerprint density at radius 3 is 2.48 bits per heavy atom. The van der Waals surface area contributed by atoms with Gasteiger partial charge in [-0.25, -0.2) is 4.39 Å². The highest BCUT2D eigenvalue weighted by molar-refractivity contribution is 8.00. The highest BCUT2D eigenvalue weighted by Crippen LogP contribution is 2.68. The van der Waals surface area contributed by atoms with Gasteiger partial charge in [-0.3, -0.25) is 19.3 Å². The molecule has 7 nitrogen and oxygen atoms in total. The molecule has 5 unspecified atom stereocenters. The van der Waals surface area contributed by atoms with Gasteiger partial charge in [0.25, 0.3) is 0 Å². The summed E-state index contributed by atoms with van der Waals surface area (Å²) in [4.78, 5) is 45.5. The maximum absolute atomic E-state index is 13.9. The van der Waals surface area contributed by atoms with Gasteiger partial charge in [-0.05, 0) is 78.6 Å². The van der Waals surface area contributed by atoms with Crippen molar-refractivity contribution >= 4 is 40.6 Å². The summed E-state index contributed by atoms with van der Waals surface area (Å²) >= 11 is 2.87. The van der Waals surface area contributed by atoms with Crippen molar-refractivity contribution in [1.29, 1.82) is 0 Å². The molecule has 224 valence electrons. The zero-order valence-electron chi connectivity index (χ0n) is 24.0. The summed E-state index contributed by atoms with van der Waals surface area (Å²) in [5, 5.41) is 0.915. The zero-order chi connectivity index (χ0) is 30.3. The van der Waals surface area contributed by atoms with Crippen LogP contribution in [0.5, 0.6) is 11.5 Å². The molecular formula is C34H29FN2O5S2. The Morgan fingerprint density at radius 2 is 1.73 bits per heavy atom. The molecule has 3 fully saturated rings. The van der Waals surface area contributed by atoms with Crippen molar-refractivity contribution in [2.75, 3.05) is 12.0 Å². The molecule has 0 spiro atoms. The Kier molecular flexibility index (Phi) is 6.50. The third kappa shape index (κ3) is 4.18. The van der Waals surface area contributed by atoms with E-state index in [1.165, 1.54) is 40.5 Å². The predicted octanol–water partition coefficient (Wildman–Crippen LogP) is 6.15. The molecule has 2 aliphatic heterocycles. The SMILES string of the molecule is COc1cc(C2c3sc(=O)[nH]c3SC3C2[C@H]2C[C@@H]3C3C(=O)N(c4ccc(F)cc4)C(=O)C32)ccc1OCc1cccc(C)c1. The summed E-state index contributed by atoms with van der Waals surface area (Å²) in [6.07, 6.45) is 0.789. The lowest BCUT2D eigenvalue weighted by Crippen LogP contribution is -2.42. The summed E-state index contributed by atoms with van der Waals surface area (Å²) in [7, 11) is 1.62. The number of thiazole rings is 1.